The normalized spacial score (nSPS) is 12.3. The van der Waals surface area contributed by atoms with E-state index in [4.69, 9.17) is 16.3 Å². The SMILES string of the molecule is COCCn1c(=NC(=O)Cc2ccc(C(C)C)cc2)sc2cc(Cl)ccc21. The van der Waals surface area contributed by atoms with Crippen LogP contribution in [0.3, 0.4) is 0 Å². The third kappa shape index (κ3) is 4.86. The van der Waals surface area contributed by atoms with Crippen LogP contribution in [0.25, 0.3) is 10.2 Å². The molecule has 0 radical (unpaired) electrons. The number of amides is 1. The van der Waals surface area contributed by atoms with Crippen LogP contribution in [0.1, 0.15) is 30.9 Å². The number of carbonyl (C=O) groups is 1. The van der Waals surface area contributed by atoms with Crippen molar-refractivity contribution in [1.29, 1.82) is 0 Å². The Morgan fingerprint density at radius 3 is 2.63 bits per heavy atom. The Morgan fingerprint density at radius 1 is 1.22 bits per heavy atom. The molecule has 6 heteroatoms. The molecule has 0 saturated carbocycles. The second-order valence-corrected chi connectivity index (χ2v) is 8.17. The zero-order valence-electron chi connectivity index (χ0n) is 15.7. The lowest BCUT2D eigenvalue weighted by Gasteiger charge is -2.06. The average Bonchev–Trinajstić information content (AvgIpc) is 2.96. The van der Waals surface area contributed by atoms with E-state index in [1.54, 1.807) is 7.11 Å². The van der Waals surface area contributed by atoms with Crippen molar-refractivity contribution in [2.75, 3.05) is 13.7 Å². The average molecular weight is 403 g/mol. The Balaban J connectivity index is 1.90. The third-order valence-electron chi connectivity index (χ3n) is 4.39. The van der Waals surface area contributed by atoms with Crippen molar-refractivity contribution in [2.45, 2.75) is 32.7 Å². The second kappa shape index (κ2) is 8.83. The van der Waals surface area contributed by atoms with Crippen LogP contribution in [0, 0.1) is 0 Å². The minimum absolute atomic E-state index is 0.156. The lowest BCUT2D eigenvalue weighted by molar-refractivity contribution is -0.117. The van der Waals surface area contributed by atoms with E-state index in [0.29, 0.717) is 28.9 Å². The van der Waals surface area contributed by atoms with Gasteiger partial charge in [0.05, 0.1) is 23.2 Å². The first-order valence-electron chi connectivity index (χ1n) is 8.92. The summed E-state index contributed by atoms with van der Waals surface area (Å²) < 4.78 is 8.22. The molecule has 0 fully saturated rings. The van der Waals surface area contributed by atoms with E-state index < -0.39 is 0 Å². The molecule has 0 saturated heterocycles. The van der Waals surface area contributed by atoms with E-state index >= 15 is 0 Å². The quantitative estimate of drug-likeness (QED) is 0.594. The van der Waals surface area contributed by atoms with Crippen molar-refractivity contribution in [2.24, 2.45) is 4.99 Å². The number of methoxy groups -OCH3 is 1. The van der Waals surface area contributed by atoms with Crippen LogP contribution in [0.4, 0.5) is 0 Å². The summed E-state index contributed by atoms with van der Waals surface area (Å²) in [4.78, 5) is 17.6. The van der Waals surface area contributed by atoms with Gasteiger partial charge in [-0.2, -0.15) is 4.99 Å². The van der Waals surface area contributed by atoms with Crippen LogP contribution >= 0.6 is 22.9 Å². The van der Waals surface area contributed by atoms with Crippen LogP contribution in [-0.4, -0.2) is 24.2 Å². The van der Waals surface area contributed by atoms with Gasteiger partial charge in [0.1, 0.15) is 0 Å². The molecule has 1 aromatic heterocycles. The summed E-state index contributed by atoms with van der Waals surface area (Å²) in [5.41, 5.74) is 3.25. The topological polar surface area (TPSA) is 43.6 Å². The van der Waals surface area contributed by atoms with Crippen LogP contribution in [0.15, 0.2) is 47.5 Å². The molecular formula is C21H23ClN2O2S. The highest BCUT2D eigenvalue weighted by Gasteiger charge is 2.09. The van der Waals surface area contributed by atoms with Gasteiger partial charge >= 0.3 is 0 Å². The van der Waals surface area contributed by atoms with Crippen LogP contribution < -0.4 is 4.80 Å². The summed E-state index contributed by atoms with van der Waals surface area (Å²) in [5.74, 6) is 0.320. The number of rotatable bonds is 6. The fourth-order valence-corrected chi connectivity index (χ4v) is 4.22. The predicted molar refractivity (Wildman–Crippen MR) is 112 cm³/mol. The molecule has 3 rings (SSSR count). The molecule has 0 atom stereocenters. The Kier molecular flexibility index (Phi) is 6.47. The molecule has 1 amide bonds. The summed E-state index contributed by atoms with van der Waals surface area (Å²) in [6.45, 7) is 5.49. The number of thiazole rings is 1. The van der Waals surface area contributed by atoms with E-state index in [2.05, 4.69) is 31.0 Å². The number of hydrogen-bond acceptors (Lipinski definition) is 3. The van der Waals surface area contributed by atoms with Gasteiger partial charge in [-0.3, -0.25) is 4.79 Å². The number of benzene rings is 2. The van der Waals surface area contributed by atoms with Crippen molar-refractivity contribution in [3.63, 3.8) is 0 Å². The van der Waals surface area contributed by atoms with Crippen molar-refractivity contribution < 1.29 is 9.53 Å². The molecule has 3 aromatic rings. The highest BCUT2D eigenvalue weighted by atomic mass is 35.5. The Hall–Kier alpha value is -1.95. The molecule has 27 heavy (non-hydrogen) atoms. The molecule has 0 N–H and O–H groups in total. The maximum Gasteiger partial charge on any atom is 0.252 e. The number of hydrogen-bond donors (Lipinski definition) is 0. The van der Waals surface area contributed by atoms with Gasteiger partial charge in [-0.15, -0.1) is 0 Å². The van der Waals surface area contributed by atoms with Gasteiger partial charge in [0.25, 0.3) is 5.91 Å². The summed E-state index contributed by atoms with van der Waals surface area (Å²) in [6, 6.07) is 13.9. The van der Waals surface area contributed by atoms with Gasteiger partial charge in [-0.25, -0.2) is 0 Å². The van der Waals surface area contributed by atoms with E-state index in [0.717, 1.165) is 15.8 Å². The van der Waals surface area contributed by atoms with Crippen LogP contribution in [0.2, 0.25) is 5.02 Å². The Morgan fingerprint density at radius 2 is 1.96 bits per heavy atom. The molecule has 142 valence electrons. The molecule has 1 heterocycles. The molecule has 0 aliphatic carbocycles. The van der Waals surface area contributed by atoms with E-state index in [9.17, 15) is 4.79 Å². The molecule has 0 spiro atoms. The van der Waals surface area contributed by atoms with Crippen molar-refractivity contribution in [3.8, 4) is 0 Å². The van der Waals surface area contributed by atoms with Gasteiger partial charge in [0.15, 0.2) is 4.80 Å². The van der Waals surface area contributed by atoms with Crippen molar-refractivity contribution in [3.05, 3.63) is 63.4 Å². The largest absolute Gasteiger partial charge is 0.383 e. The summed E-state index contributed by atoms with van der Waals surface area (Å²) in [6.07, 6.45) is 0.289. The Labute approximate surface area is 168 Å². The molecule has 0 aliphatic heterocycles. The molecule has 2 aromatic carbocycles. The fraction of sp³-hybridized carbons (Fsp3) is 0.333. The maximum atomic E-state index is 12.5. The highest BCUT2D eigenvalue weighted by Crippen LogP contribution is 2.22. The minimum Gasteiger partial charge on any atom is -0.383 e. The number of halogens is 1. The molecular weight excluding hydrogens is 380 g/mol. The van der Waals surface area contributed by atoms with E-state index in [-0.39, 0.29) is 12.3 Å². The van der Waals surface area contributed by atoms with Crippen molar-refractivity contribution in [1.82, 2.24) is 4.57 Å². The van der Waals surface area contributed by atoms with Gasteiger partial charge in [0.2, 0.25) is 0 Å². The number of aromatic nitrogens is 1. The second-order valence-electron chi connectivity index (χ2n) is 6.72. The predicted octanol–water partition coefficient (Wildman–Crippen LogP) is 4.80. The maximum absolute atomic E-state index is 12.5. The summed E-state index contributed by atoms with van der Waals surface area (Å²) in [7, 11) is 1.66. The summed E-state index contributed by atoms with van der Waals surface area (Å²) in [5, 5.41) is 0.672. The highest BCUT2D eigenvalue weighted by molar-refractivity contribution is 7.16. The number of fused-ring (bicyclic) bond motifs is 1. The zero-order chi connectivity index (χ0) is 19.4. The molecule has 0 unspecified atom stereocenters. The van der Waals surface area contributed by atoms with E-state index in [1.807, 2.05) is 34.9 Å². The standard InChI is InChI=1S/C21H23ClN2O2S/c1-14(2)16-6-4-15(5-7-16)12-20(25)23-21-24(10-11-26-3)18-9-8-17(22)13-19(18)27-21/h4-9,13-14H,10-12H2,1-3H3. The summed E-state index contributed by atoms with van der Waals surface area (Å²) >= 11 is 7.58. The Bertz CT molecular complexity index is 1000. The van der Waals surface area contributed by atoms with Crippen LogP contribution in [0.5, 0.6) is 0 Å². The first-order chi connectivity index (χ1) is 13.0. The first-order valence-corrected chi connectivity index (χ1v) is 10.1. The smallest absolute Gasteiger partial charge is 0.252 e. The monoisotopic (exact) mass is 402 g/mol. The van der Waals surface area contributed by atoms with Crippen molar-refractivity contribution >= 4 is 39.1 Å². The number of carbonyl (C=O) groups excluding carboxylic acids is 1. The molecule has 0 bridgehead atoms. The molecule has 0 aliphatic rings. The lowest BCUT2D eigenvalue weighted by Crippen LogP contribution is -2.19. The fourth-order valence-electron chi connectivity index (χ4n) is 2.87. The third-order valence-corrected chi connectivity index (χ3v) is 5.66. The lowest BCUT2D eigenvalue weighted by atomic mass is 10.0. The van der Waals surface area contributed by atoms with Gasteiger partial charge in [-0.05, 0) is 35.2 Å². The van der Waals surface area contributed by atoms with Gasteiger partial charge in [-0.1, -0.05) is 61.1 Å². The van der Waals surface area contributed by atoms with Gasteiger partial charge in [0, 0.05) is 18.7 Å². The number of ether oxygens (including phenoxy) is 1. The zero-order valence-corrected chi connectivity index (χ0v) is 17.3. The first kappa shape index (κ1) is 19.8. The number of nitrogens with zero attached hydrogens (tertiary/aromatic N) is 2. The molecule has 4 nitrogen and oxygen atoms in total. The van der Waals surface area contributed by atoms with Gasteiger partial charge < -0.3 is 9.30 Å². The minimum atomic E-state index is -0.156. The van der Waals surface area contributed by atoms with E-state index in [1.165, 1.54) is 16.9 Å². The van der Waals surface area contributed by atoms with Crippen LogP contribution in [-0.2, 0) is 22.5 Å².